The van der Waals surface area contributed by atoms with Gasteiger partial charge in [-0.05, 0) is 54.1 Å². The molecule has 0 saturated carbocycles. The van der Waals surface area contributed by atoms with Crippen molar-refractivity contribution in [2.45, 2.75) is 13.8 Å². The third-order valence-corrected chi connectivity index (χ3v) is 7.88. The van der Waals surface area contributed by atoms with Gasteiger partial charge in [0.1, 0.15) is 10.6 Å². The predicted molar refractivity (Wildman–Crippen MR) is 152 cm³/mol. The summed E-state index contributed by atoms with van der Waals surface area (Å²) in [5, 5.41) is 19.1. The minimum Gasteiger partial charge on any atom is -0.324 e. The van der Waals surface area contributed by atoms with E-state index in [0.717, 1.165) is 16.4 Å². The second kappa shape index (κ2) is 11.0. The topological polar surface area (TPSA) is 87.0 Å². The smallest absolute Gasteiger partial charge is 0.230 e. The van der Waals surface area contributed by atoms with Crippen LogP contribution in [0.1, 0.15) is 27.9 Å². The van der Waals surface area contributed by atoms with Gasteiger partial charge in [-0.2, -0.15) is 11.3 Å². The van der Waals surface area contributed by atoms with Crippen molar-refractivity contribution in [3.8, 4) is 0 Å². The number of azo groups is 1. The van der Waals surface area contributed by atoms with E-state index in [2.05, 4.69) is 36.9 Å². The molecule has 0 radical (unpaired) electrons. The maximum absolute atomic E-state index is 12.9. The summed E-state index contributed by atoms with van der Waals surface area (Å²) < 4.78 is 0. The zero-order valence-corrected chi connectivity index (χ0v) is 22.4. The van der Waals surface area contributed by atoms with Gasteiger partial charge in [-0.25, -0.2) is 4.98 Å². The Kier molecular flexibility index (Phi) is 7.31. The van der Waals surface area contributed by atoms with Crippen LogP contribution in [0.15, 0.2) is 93.1 Å². The fourth-order valence-electron chi connectivity index (χ4n) is 3.68. The minimum atomic E-state index is -0.215. The number of nitrogens with one attached hydrogen (secondary N) is 1. The summed E-state index contributed by atoms with van der Waals surface area (Å²) in [5.74, 6) is -0.310. The van der Waals surface area contributed by atoms with Gasteiger partial charge in [0.2, 0.25) is 16.8 Å². The minimum absolute atomic E-state index is 0.0950. The predicted octanol–water partition coefficient (Wildman–Crippen LogP) is 8.65. The van der Waals surface area contributed by atoms with Gasteiger partial charge >= 0.3 is 0 Å². The van der Waals surface area contributed by atoms with Crippen LogP contribution >= 0.6 is 34.0 Å². The SMILES string of the molecule is CC(=O)Nc1cc(N(c2ccsc2)c2cccs2)ccc1N=Nc1nc(C)c(C(=O)c2ccccc2)s1. The number of hydrogen-bond acceptors (Lipinski definition) is 9. The highest BCUT2D eigenvalue weighted by molar-refractivity contribution is 7.17. The molecule has 3 heterocycles. The van der Waals surface area contributed by atoms with Crippen LogP contribution in [-0.2, 0) is 4.79 Å². The number of nitrogens with zero attached hydrogens (tertiary/aromatic N) is 4. The zero-order valence-electron chi connectivity index (χ0n) is 19.9. The summed E-state index contributed by atoms with van der Waals surface area (Å²) in [6.45, 7) is 3.24. The van der Waals surface area contributed by atoms with Gasteiger partial charge in [-0.1, -0.05) is 41.7 Å². The molecule has 1 amide bonds. The number of thiazole rings is 1. The third kappa shape index (κ3) is 5.56. The van der Waals surface area contributed by atoms with E-state index in [1.807, 2.05) is 59.3 Å². The molecule has 0 fully saturated rings. The van der Waals surface area contributed by atoms with Gasteiger partial charge in [-0.15, -0.1) is 21.6 Å². The molecular formula is C27H21N5O2S3. The standard InChI is InChI=1S/C27H21N5O2S3/c1-17-26(25(34)19-7-4-3-5-8-19)37-27(28-17)31-30-22-11-10-20(15-23(22)29-18(2)33)32(21-12-14-35-16-21)24-9-6-13-36-24/h3-16H,1-2H3,(H,29,33). The van der Waals surface area contributed by atoms with Crippen LogP contribution in [0.2, 0.25) is 0 Å². The van der Waals surface area contributed by atoms with Crippen molar-refractivity contribution in [3.05, 3.63) is 99.0 Å². The van der Waals surface area contributed by atoms with E-state index in [0.29, 0.717) is 32.6 Å². The molecule has 10 heteroatoms. The van der Waals surface area contributed by atoms with E-state index in [9.17, 15) is 9.59 Å². The molecule has 184 valence electrons. The van der Waals surface area contributed by atoms with Crippen molar-refractivity contribution in [1.29, 1.82) is 0 Å². The molecule has 37 heavy (non-hydrogen) atoms. The van der Waals surface area contributed by atoms with Gasteiger partial charge < -0.3 is 10.2 Å². The van der Waals surface area contributed by atoms with E-state index in [1.165, 1.54) is 18.3 Å². The van der Waals surface area contributed by atoms with E-state index in [1.54, 1.807) is 41.7 Å². The number of carbonyl (C=O) groups excluding carboxylic acids is 2. The molecular weight excluding hydrogens is 523 g/mol. The highest BCUT2D eigenvalue weighted by Crippen LogP contribution is 2.41. The monoisotopic (exact) mass is 543 g/mol. The van der Waals surface area contributed by atoms with Gasteiger partial charge in [0, 0.05) is 23.6 Å². The number of benzene rings is 2. The summed E-state index contributed by atoms with van der Waals surface area (Å²) in [5.41, 5.74) is 4.13. The van der Waals surface area contributed by atoms with Crippen molar-refractivity contribution in [2.75, 3.05) is 10.2 Å². The highest BCUT2D eigenvalue weighted by atomic mass is 32.1. The Balaban J connectivity index is 1.47. The fraction of sp³-hybridized carbons (Fsp3) is 0.0741. The highest BCUT2D eigenvalue weighted by Gasteiger charge is 2.18. The first-order valence-electron chi connectivity index (χ1n) is 11.3. The summed E-state index contributed by atoms with van der Waals surface area (Å²) in [7, 11) is 0. The largest absolute Gasteiger partial charge is 0.324 e. The van der Waals surface area contributed by atoms with Crippen LogP contribution in [0, 0.1) is 6.92 Å². The van der Waals surface area contributed by atoms with Crippen molar-refractivity contribution >= 4 is 78.6 Å². The first kappa shape index (κ1) is 24.7. The summed E-state index contributed by atoms with van der Waals surface area (Å²) in [4.78, 5) is 31.9. The molecule has 0 aliphatic carbocycles. The van der Waals surface area contributed by atoms with Crippen molar-refractivity contribution in [1.82, 2.24) is 4.98 Å². The molecule has 7 nitrogen and oxygen atoms in total. The van der Waals surface area contributed by atoms with Crippen LogP contribution in [0.3, 0.4) is 0 Å². The number of rotatable bonds is 8. The number of ketones is 1. The average Bonchev–Trinajstić information content (AvgIpc) is 3.67. The lowest BCUT2D eigenvalue weighted by atomic mass is 10.1. The van der Waals surface area contributed by atoms with E-state index in [-0.39, 0.29) is 11.7 Å². The number of aromatic nitrogens is 1. The molecule has 1 N–H and O–H groups in total. The second-order valence-corrected chi connectivity index (χ2v) is 10.6. The Morgan fingerprint density at radius 3 is 2.49 bits per heavy atom. The Labute approximate surface area is 225 Å². The summed E-state index contributed by atoms with van der Waals surface area (Å²) in [6, 6.07) is 20.8. The Morgan fingerprint density at radius 1 is 0.946 bits per heavy atom. The van der Waals surface area contributed by atoms with Crippen molar-refractivity contribution < 1.29 is 9.59 Å². The number of carbonyl (C=O) groups is 2. The van der Waals surface area contributed by atoms with Gasteiger partial charge in [0.15, 0.2) is 0 Å². The molecule has 0 atom stereocenters. The first-order valence-corrected chi connectivity index (χ1v) is 13.9. The molecule has 0 aliphatic rings. The van der Waals surface area contributed by atoms with Crippen LogP contribution in [0.25, 0.3) is 0 Å². The lowest BCUT2D eigenvalue weighted by Gasteiger charge is -2.23. The number of amides is 1. The molecule has 5 rings (SSSR count). The van der Waals surface area contributed by atoms with Crippen LogP contribution in [-0.4, -0.2) is 16.7 Å². The maximum Gasteiger partial charge on any atom is 0.230 e. The summed E-state index contributed by atoms with van der Waals surface area (Å²) in [6.07, 6.45) is 0. The van der Waals surface area contributed by atoms with Crippen LogP contribution in [0.5, 0.6) is 0 Å². The summed E-state index contributed by atoms with van der Waals surface area (Å²) >= 11 is 4.44. The zero-order chi connectivity index (χ0) is 25.8. The number of anilines is 4. The molecule has 0 bridgehead atoms. The van der Waals surface area contributed by atoms with E-state index < -0.39 is 0 Å². The van der Waals surface area contributed by atoms with Crippen molar-refractivity contribution in [3.63, 3.8) is 0 Å². The van der Waals surface area contributed by atoms with Crippen molar-refractivity contribution in [2.24, 2.45) is 10.2 Å². The molecule has 5 aromatic rings. The van der Waals surface area contributed by atoms with Gasteiger partial charge in [0.05, 0.1) is 22.1 Å². The molecule has 0 spiro atoms. The number of aryl methyl sites for hydroxylation is 1. The molecule has 2 aromatic carbocycles. The van der Waals surface area contributed by atoms with E-state index >= 15 is 0 Å². The lowest BCUT2D eigenvalue weighted by molar-refractivity contribution is -0.114. The quantitative estimate of drug-likeness (QED) is 0.157. The molecule has 3 aromatic heterocycles. The lowest BCUT2D eigenvalue weighted by Crippen LogP contribution is -2.10. The van der Waals surface area contributed by atoms with Gasteiger partial charge in [0.25, 0.3) is 0 Å². The molecule has 0 unspecified atom stereocenters. The Hall–Kier alpha value is -3.99. The Bertz CT molecular complexity index is 1520. The van der Waals surface area contributed by atoms with E-state index in [4.69, 9.17) is 0 Å². The number of thiophene rings is 2. The molecule has 0 saturated heterocycles. The first-order chi connectivity index (χ1) is 18.0. The van der Waals surface area contributed by atoms with Gasteiger partial charge in [-0.3, -0.25) is 9.59 Å². The fourth-order valence-corrected chi connectivity index (χ4v) is 5.92. The number of hydrogen-bond donors (Lipinski definition) is 1. The average molecular weight is 544 g/mol. The van der Waals surface area contributed by atoms with Crippen LogP contribution < -0.4 is 10.2 Å². The third-order valence-electron chi connectivity index (χ3n) is 5.31. The second-order valence-electron chi connectivity index (χ2n) is 7.96. The van der Waals surface area contributed by atoms with Crippen LogP contribution in [0.4, 0.5) is 32.9 Å². The maximum atomic E-state index is 12.9. The normalized spacial score (nSPS) is 11.1. The molecule has 0 aliphatic heterocycles. The Morgan fingerprint density at radius 2 is 1.78 bits per heavy atom.